The van der Waals surface area contributed by atoms with Gasteiger partial charge in [-0.1, -0.05) is 18.2 Å². The summed E-state index contributed by atoms with van der Waals surface area (Å²) in [6.45, 7) is 2.02. The summed E-state index contributed by atoms with van der Waals surface area (Å²) in [5.74, 6) is 2.43. The van der Waals surface area contributed by atoms with Gasteiger partial charge in [0.25, 0.3) is 0 Å². The largest absolute Gasteiger partial charge is 0.493 e. The van der Waals surface area contributed by atoms with Crippen molar-refractivity contribution in [3.05, 3.63) is 48.0 Å². The molecular weight excluding hydrogens is 434 g/mol. The molecular formula is C27H35NO6. The van der Waals surface area contributed by atoms with Crippen molar-refractivity contribution in [2.24, 2.45) is 0 Å². The molecule has 0 N–H and O–H groups in total. The van der Waals surface area contributed by atoms with E-state index in [2.05, 4.69) is 24.1 Å². The molecule has 7 nitrogen and oxygen atoms in total. The molecule has 0 bridgehead atoms. The van der Waals surface area contributed by atoms with E-state index in [9.17, 15) is 0 Å². The Morgan fingerprint density at radius 1 is 0.912 bits per heavy atom. The summed E-state index contributed by atoms with van der Waals surface area (Å²) in [6.07, 6.45) is 3.70. The maximum absolute atomic E-state index is 6.54. The lowest BCUT2D eigenvalue weighted by molar-refractivity contribution is -0.205. The molecule has 2 heterocycles. The van der Waals surface area contributed by atoms with Gasteiger partial charge < -0.3 is 33.3 Å². The molecule has 184 valence electrons. The highest BCUT2D eigenvalue weighted by atomic mass is 16.8. The van der Waals surface area contributed by atoms with Crippen LogP contribution in [0, 0.1) is 0 Å². The third-order valence-electron chi connectivity index (χ3n) is 7.90. The van der Waals surface area contributed by atoms with E-state index in [1.165, 1.54) is 5.56 Å². The van der Waals surface area contributed by atoms with Gasteiger partial charge in [-0.05, 0) is 56.3 Å². The zero-order chi connectivity index (χ0) is 23.8. The fraction of sp³-hybridized carbons (Fsp3) is 0.556. The molecule has 1 spiro atoms. The van der Waals surface area contributed by atoms with Gasteiger partial charge in [-0.15, -0.1) is 0 Å². The molecule has 5 rings (SSSR count). The zero-order valence-electron chi connectivity index (χ0n) is 20.5. The first kappa shape index (κ1) is 23.3. The molecule has 3 aliphatic rings. The Kier molecular flexibility index (Phi) is 6.35. The minimum Gasteiger partial charge on any atom is -0.493 e. The van der Waals surface area contributed by atoms with Gasteiger partial charge in [-0.2, -0.15) is 0 Å². The van der Waals surface area contributed by atoms with Crippen molar-refractivity contribution < 1.29 is 28.4 Å². The summed E-state index contributed by atoms with van der Waals surface area (Å²) in [5, 5.41) is 0. The van der Waals surface area contributed by atoms with Gasteiger partial charge in [-0.25, -0.2) is 0 Å². The van der Waals surface area contributed by atoms with E-state index < -0.39 is 5.79 Å². The molecule has 2 saturated heterocycles. The van der Waals surface area contributed by atoms with E-state index >= 15 is 0 Å². The van der Waals surface area contributed by atoms with Crippen LogP contribution < -0.4 is 18.9 Å². The lowest BCUT2D eigenvalue weighted by Crippen LogP contribution is -2.53. The first-order valence-electron chi connectivity index (χ1n) is 12.0. The van der Waals surface area contributed by atoms with Crippen LogP contribution in [0.3, 0.4) is 0 Å². The molecule has 1 saturated carbocycles. The predicted octanol–water partition coefficient (Wildman–Crippen LogP) is 4.03. The fourth-order valence-electron chi connectivity index (χ4n) is 6.06. The summed E-state index contributed by atoms with van der Waals surface area (Å²) in [7, 11) is 7.23. The summed E-state index contributed by atoms with van der Waals surface area (Å²) < 4.78 is 35.4. The summed E-state index contributed by atoms with van der Waals surface area (Å²) in [5.41, 5.74) is 1.36. The number of nitrogens with zero attached hydrogens (tertiary/aromatic N) is 1. The highest BCUT2D eigenvalue weighted by molar-refractivity contribution is 5.46. The van der Waals surface area contributed by atoms with Gasteiger partial charge in [0.1, 0.15) is 12.7 Å². The predicted molar refractivity (Wildman–Crippen MR) is 128 cm³/mol. The maximum Gasteiger partial charge on any atom is 0.170 e. The quantitative estimate of drug-likeness (QED) is 0.607. The lowest BCUT2D eigenvalue weighted by atomic mass is 9.64. The number of rotatable bonds is 7. The van der Waals surface area contributed by atoms with Crippen LogP contribution in [0.5, 0.6) is 23.0 Å². The van der Waals surface area contributed by atoms with Crippen LogP contribution in [0.4, 0.5) is 0 Å². The van der Waals surface area contributed by atoms with Crippen LogP contribution >= 0.6 is 0 Å². The molecule has 3 fully saturated rings. The Labute approximate surface area is 201 Å². The molecule has 4 unspecified atom stereocenters. The highest BCUT2D eigenvalue weighted by Crippen LogP contribution is 2.54. The average Bonchev–Trinajstić information content (AvgIpc) is 3.44. The number of fused-ring (bicyclic) bond motifs is 1. The number of likely N-dealkylation sites (N-methyl/N-ethyl adjacent to an activating group) is 1. The number of para-hydroxylation sites is 2. The molecule has 2 aromatic rings. The number of likely N-dealkylation sites (tertiary alicyclic amines) is 1. The minimum atomic E-state index is -0.557. The summed E-state index contributed by atoms with van der Waals surface area (Å²) in [6, 6.07) is 14.4. The standard InChI is InChI=1S/C27H35NO6/c1-28-14-13-26(19-9-10-22(30-3)24(15-19)31-4)11-12-27(16-25(26)28)33-18-20(34-27)17-32-23-8-6-5-7-21(23)29-2/h5-10,15,20,25H,11-14,16-18H2,1-4H3. The van der Waals surface area contributed by atoms with E-state index in [1.807, 2.05) is 30.3 Å². The molecule has 0 aromatic heterocycles. The second-order valence-corrected chi connectivity index (χ2v) is 9.60. The monoisotopic (exact) mass is 469 g/mol. The Morgan fingerprint density at radius 3 is 2.41 bits per heavy atom. The van der Waals surface area contributed by atoms with Crippen LogP contribution in [0.15, 0.2) is 42.5 Å². The molecule has 1 aliphatic carbocycles. The van der Waals surface area contributed by atoms with Gasteiger partial charge in [-0.3, -0.25) is 0 Å². The van der Waals surface area contributed by atoms with Gasteiger partial charge in [0.05, 0.1) is 27.9 Å². The highest BCUT2D eigenvalue weighted by Gasteiger charge is 2.57. The molecule has 4 atom stereocenters. The van der Waals surface area contributed by atoms with E-state index in [0.717, 1.165) is 55.2 Å². The smallest absolute Gasteiger partial charge is 0.170 e. The second-order valence-electron chi connectivity index (χ2n) is 9.60. The third kappa shape index (κ3) is 4.00. The molecule has 2 aliphatic heterocycles. The number of benzene rings is 2. The molecule has 0 amide bonds. The van der Waals surface area contributed by atoms with Crippen LogP contribution in [-0.4, -0.2) is 71.0 Å². The van der Waals surface area contributed by atoms with Crippen LogP contribution in [0.2, 0.25) is 0 Å². The lowest BCUT2D eigenvalue weighted by Gasteiger charge is -2.48. The number of methoxy groups -OCH3 is 3. The van der Waals surface area contributed by atoms with Gasteiger partial charge >= 0.3 is 0 Å². The molecule has 7 heteroatoms. The molecule has 34 heavy (non-hydrogen) atoms. The minimum absolute atomic E-state index is 0.0538. The van der Waals surface area contributed by atoms with E-state index in [1.54, 1.807) is 21.3 Å². The van der Waals surface area contributed by atoms with Gasteiger partial charge in [0, 0.05) is 24.3 Å². The topological polar surface area (TPSA) is 58.6 Å². The normalized spacial score (nSPS) is 30.8. The van der Waals surface area contributed by atoms with Crippen molar-refractivity contribution in [1.82, 2.24) is 4.90 Å². The molecule has 2 aromatic carbocycles. The van der Waals surface area contributed by atoms with Gasteiger partial charge in [0.15, 0.2) is 28.8 Å². The van der Waals surface area contributed by atoms with Crippen molar-refractivity contribution >= 4 is 0 Å². The van der Waals surface area contributed by atoms with E-state index in [4.69, 9.17) is 28.4 Å². The van der Waals surface area contributed by atoms with Gasteiger partial charge in [0.2, 0.25) is 0 Å². The van der Waals surface area contributed by atoms with Crippen molar-refractivity contribution in [3.63, 3.8) is 0 Å². The van der Waals surface area contributed by atoms with E-state index in [-0.39, 0.29) is 11.5 Å². The summed E-state index contributed by atoms with van der Waals surface area (Å²) >= 11 is 0. The number of ether oxygens (including phenoxy) is 6. The SMILES string of the molecule is COc1ccc(C23CCN(C)C2CC2(CC3)OCC(COc3ccccc3OC)O2)cc1OC. The van der Waals surface area contributed by atoms with Crippen molar-refractivity contribution in [2.45, 2.75) is 49.0 Å². The molecule has 0 radical (unpaired) electrons. The van der Waals surface area contributed by atoms with Crippen molar-refractivity contribution in [2.75, 3.05) is 48.1 Å². The van der Waals surface area contributed by atoms with Crippen molar-refractivity contribution in [1.29, 1.82) is 0 Å². The Hall–Kier alpha value is -2.48. The zero-order valence-corrected chi connectivity index (χ0v) is 20.5. The van der Waals surface area contributed by atoms with Crippen LogP contribution in [-0.2, 0) is 14.9 Å². The Balaban J connectivity index is 1.30. The summed E-state index contributed by atoms with van der Waals surface area (Å²) in [4.78, 5) is 2.46. The number of hydrogen-bond donors (Lipinski definition) is 0. The third-order valence-corrected chi connectivity index (χ3v) is 7.90. The van der Waals surface area contributed by atoms with Crippen molar-refractivity contribution in [3.8, 4) is 23.0 Å². The first-order chi connectivity index (χ1) is 16.5. The van der Waals surface area contributed by atoms with Crippen LogP contribution in [0.1, 0.15) is 31.2 Å². The average molecular weight is 470 g/mol. The number of hydrogen-bond acceptors (Lipinski definition) is 7. The van der Waals surface area contributed by atoms with E-state index in [0.29, 0.717) is 19.3 Å². The van der Waals surface area contributed by atoms with Crippen LogP contribution in [0.25, 0.3) is 0 Å². The fourth-order valence-corrected chi connectivity index (χ4v) is 6.06. The Bertz CT molecular complexity index is 1010. The second kappa shape index (κ2) is 9.29. The Morgan fingerprint density at radius 2 is 1.65 bits per heavy atom. The first-order valence-corrected chi connectivity index (χ1v) is 12.0. The maximum atomic E-state index is 6.54.